The van der Waals surface area contributed by atoms with Crippen LogP contribution in [-0.2, 0) is 14.4 Å². The topological polar surface area (TPSA) is 47.9 Å². The van der Waals surface area contributed by atoms with Crippen LogP contribution >= 0.6 is 0 Å². The minimum absolute atomic E-state index is 0.0200. The number of methoxy groups -OCH3 is 1. The van der Waals surface area contributed by atoms with Crippen molar-refractivity contribution >= 4 is 12.2 Å². The normalized spacial score (nSPS) is 27.0. The summed E-state index contributed by atoms with van der Waals surface area (Å²) in [6, 6.07) is 0. The number of carbonyl (C=O) groups excluding carboxylic acids is 1. The van der Waals surface area contributed by atoms with E-state index in [0.717, 1.165) is 5.57 Å². The van der Waals surface area contributed by atoms with Crippen molar-refractivity contribution in [1.82, 2.24) is 0 Å². The molecule has 4 nitrogen and oxygen atoms in total. The number of ether oxygens (including phenoxy) is 1. The molecule has 0 aromatic rings. The first-order valence-electron chi connectivity index (χ1n) is 5.86. The Hall–Kier alpha value is -1.32. The summed E-state index contributed by atoms with van der Waals surface area (Å²) >= 11 is 0. The second kappa shape index (κ2) is 5.34. The SMILES string of the molecule is CCON=C/C(C)=C/[C@@H]1[C@@H](C(=O)OC)C1(C)C. The summed E-state index contributed by atoms with van der Waals surface area (Å²) in [6.07, 6.45) is 3.73. The van der Waals surface area contributed by atoms with Crippen molar-refractivity contribution in [3.63, 3.8) is 0 Å². The number of allylic oxidation sites excluding steroid dienone is 2. The lowest BCUT2D eigenvalue weighted by Crippen LogP contribution is -2.07. The largest absolute Gasteiger partial charge is 0.469 e. The van der Waals surface area contributed by atoms with Crippen molar-refractivity contribution in [2.24, 2.45) is 22.4 Å². The highest BCUT2D eigenvalue weighted by Gasteiger charge is 2.61. The molecule has 0 aromatic heterocycles. The smallest absolute Gasteiger partial charge is 0.309 e. The number of hydrogen-bond acceptors (Lipinski definition) is 4. The van der Waals surface area contributed by atoms with E-state index in [9.17, 15) is 4.79 Å². The van der Waals surface area contributed by atoms with Gasteiger partial charge in [0.1, 0.15) is 6.61 Å². The van der Waals surface area contributed by atoms with E-state index in [1.165, 1.54) is 7.11 Å². The zero-order valence-electron chi connectivity index (χ0n) is 11.2. The third-order valence-corrected chi connectivity index (χ3v) is 3.27. The Balaban J connectivity index is 2.64. The molecule has 0 aromatic carbocycles. The molecule has 1 fully saturated rings. The lowest BCUT2D eigenvalue weighted by Gasteiger charge is -1.99. The van der Waals surface area contributed by atoms with Crippen LogP contribution in [-0.4, -0.2) is 25.9 Å². The van der Waals surface area contributed by atoms with Gasteiger partial charge < -0.3 is 9.57 Å². The molecular weight excluding hydrogens is 218 g/mol. The lowest BCUT2D eigenvalue weighted by atomic mass is 10.1. The van der Waals surface area contributed by atoms with E-state index in [2.05, 4.69) is 25.1 Å². The zero-order valence-corrected chi connectivity index (χ0v) is 11.2. The molecule has 17 heavy (non-hydrogen) atoms. The maximum absolute atomic E-state index is 11.5. The molecule has 0 N–H and O–H groups in total. The Morgan fingerprint density at radius 2 is 2.12 bits per heavy atom. The van der Waals surface area contributed by atoms with Crippen molar-refractivity contribution in [3.8, 4) is 0 Å². The zero-order chi connectivity index (χ0) is 13.1. The van der Waals surface area contributed by atoms with E-state index >= 15 is 0 Å². The Morgan fingerprint density at radius 3 is 2.65 bits per heavy atom. The maximum Gasteiger partial charge on any atom is 0.309 e. The van der Waals surface area contributed by atoms with Crippen LogP contribution in [0.2, 0.25) is 0 Å². The first-order valence-corrected chi connectivity index (χ1v) is 5.86. The molecule has 1 saturated carbocycles. The molecule has 1 aliphatic rings. The van der Waals surface area contributed by atoms with Gasteiger partial charge in [0.05, 0.1) is 19.2 Å². The molecule has 4 heteroatoms. The molecule has 1 aliphatic carbocycles. The van der Waals surface area contributed by atoms with Crippen molar-refractivity contribution in [2.75, 3.05) is 13.7 Å². The van der Waals surface area contributed by atoms with Crippen LogP contribution in [0.1, 0.15) is 27.7 Å². The quantitative estimate of drug-likeness (QED) is 0.420. The van der Waals surface area contributed by atoms with Gasteiger partial charge in [-0.2, -0.15) is 0 Å². The van der Waals surface area contributed by atoms with E-state index in [1.807, 2.05) is 13.8 Å². The lowest BCUT2D eigenvalue weighted by molar-refractivity contribution is -0.143. The van der Waals surface area contributed by atoms with Crippen LogP contribution in [0.15, 0.2) is 16.8 Å². The van der Waals surface area contributed by atoms with Gasteiger partial charge in [0.25, 0.3) is 0 Å². The van der Waals surface area contributed by atoms with Crippen LogP contribution in [0, 0.1) is 17.3 Å². The Morgan fingerprint density at radius 1 is 1.47 bits per heavy atom. The van der Waals surface area contributed by atoms with Gasteiger partial charge in [-0.25, -0.2) is 0 Å². The predicted octanol–water partition coefficient (Wildman–Crippen LogP) is 2.40. The summed E-state index contributed by atoms with van der Waals surface area (Å²) in [7, 11) is 1.43. The molecule has 1 rings (SSSR count). The number of rotatable bonds is 5. The summed E-state index contributed by atoms with van der Waals surface area (Å²) in [5.74, 6) is 0.0526. The van der Waals surface area contributed by atoms with Gasteiger partial charge in [-0.3, -0.25) is 4.79 Å². The molecule has 0 aliphatic heterocycles. The number of carbonyl (C=O) groups is 1. The van der Waals surface area contributed by atoms with Crippen LogP contribution in [0.25, 0.3) is 0 Å². The third kappa shape index (κ3) is 3.08. The summed E-state index contributed by atoms with van der Waals surface area (Å²) in [5.41, 5.74) is 0.983. The molecule has 0 heterocycles. The van der Waals surface area contributed by atoms with Crippen molar-refractivity contribution in [1.29, 1.82) is 0 Å². The van der Waals surface area contributed by atoms with Gasteiger partial charge in [-0.05, 0) is 30.8 Å². The second-order valence-corrected chi connectivity index (χ2v) is 4.91. The highest BCUT2D eigenvalue weighted by atomic mass is 16.6. The van der Waals surface area contributed by atoms with Crippen LogP contribution < -0.4 is 0 Å². The minimum Gasteiger partial charge on any atom is -0.469 e. The molecule has 2 atom stereocenters. The summed E-state index contributed by atoms with van der Waals surface area (Å²) in [5, 5.41) is 3.80. The van der Waals surface area contributed by atoms with E-state index < -0.39 is 0 Å². The number of oxime groups is 1. The van der Waals surface area contributed by atoms with Gasteiger partial charge in [0.15, 0.2) is 0 Å². The van der Waals surface area contributed by atoms with Crippen molar-refractivity contribution in [3.05, 3.63) is 11.6 Å². The van der Waals surface area contributed by atoms with Crippen LogP contribution in [0.3, 0.4) is 0 Å². The Kier molecular flexibility index (Phi) is 4.32. The second-order valence-electron chi connectivity index (χ2n) is 4.91. The van der Waals surface area contributed by atoms with E-state index in [0.29, 0.717) is 6.61 Å². The molecular formula is C13H21NO3. The summed E-state index contributed by atoms with van der Waals surface area (Å²) in [6.45, 7) is 8.54. The van der Waals surface area contributed by atoms with Crippen molar-refractivity contribution < 1.29 is 14.4 Å². The van der Waals surface area contributed by atoms with Gasteiger partial charge >= 0.3 is 5.97 Å². The highest BCUT2D eigenvalue weighted by Crippen LogP contribution is 2.59. The minimum atomic E-state index is -0.134. The molecule has 0 unspecified atom stereocenters. The fourth-order valence-corrected chi connectivity index (χ4v) is 2.09. The van der Waals surface area contributed by atoms with E-state index in [-0.39, 0.29) is 23.2 Å². The molecule has 0 bridgehead atoms. The monoisotopic (exact) mass is 239 g/mol. The molecule has 0 saturated heterocycles. The first kappa shape index (κ1) is 13.7. The molecule has 0 spiro atoms. The van der Waals surface area contributed by atoms with Gasteiger partial charge in [-0.15, -0.1) is 0 Å². The predicted molar refractivity (Wildman–Crippen MR) is 66.7 cm³/mol. The average Bonchev–Trinajstić information content (AvgIpc) is 2.80. The van der Waals surface area contributed by atoms with Crippen LogP contribution in [0.4, 0.5) is 0 Å². The fraction of sp³-hybridized carbons (Fsp3) is 0.692. The summed E-state index contributed by atoms with van der Waals surface area (Å²) < 4.78 is 4.79. The third-order valence-electron chi connectivity index (χ3n) is 3.27. The molecule has 0 radical (unpaired) electrons. The summed E-state index contributed by atoms with van der Waals surface area (Å²) in [4.78, 5) is 16.4. The van der Waals surface area contributed by atoms with Gasteiger partial charge in [0, 0.05) is 0 Å². The first-order chi connectivity index (χ1) is 7.95. The van der Waals surface area contributed by atoms with Gasteiger partial charge in [-0.1, -0.05) is 25.1 Å². The number of nitrogens with zero attached hydrogens (tertiary/aromatic N) is 1. The van der Waals surface area contributed by atoms with Gasteiger partial charge in [0.2, 0.25) is 0 Å². The van der Waals surface area contributed by atoms with E-state index in [4.69, 9.17) is 9.57 Å². The Bertz CT molecular complexity index is 345. The fourth-order valence-electron chi connectivity index (χ4n) is 2.09. The highest BCUT2D eigenvalue weighted by molar-refractivity contribution is 5.80. The maximum atomic E-state index is 11.5. The standard InChI is InChI=1S/C13H21NO3/c1-6-17-14-8-9(2)7-10-11(12(15)16-5)13(10,3)4/h7-8,10-11H,6H2,1-5H3/b9-7+,14-8?/t10-,11+/m1/s1. The molecule has 96 valence electrons. The van der Waals surface area contributed by atoms with Crippen LogP contribution in [0.5, 0.6) is 0 Å². The average molecular weight is 239 g/mol. The van der Waals surface area contributed by atoms with E-state index in [1.54, 1.807) is 6.21 Å². The number of esters is 1. The molecule has 0 amide bonds. The number of hydrogen-bond donors (Lipinski definition) is 0. The van der Waals surface area contributed by atoms with Crippen molar-refractivity contribution in [2.45, 2.75) is 27.7 Å². The Labute approximate surface area is 103 Å².